The van der Waals surface area contributed by atoms with Gasteiger partial charge >= 0.3 is 0 Å². The third kappa shape index (κ3) is 3.62. The molecule has 0 radical (unpaired) electrons. The Kier molecular flexibility index (Phi) is 5.09. The topological polar surface area (TPSA) is 50.9 Å². The molecule has 3 rings (SSSR count). The van der Waals surface area contributed by atoms with Gasteiger partial charge in [0.25, 0.3) is 0 Å². The van der Waals surface area contributed by atoms with E-state index in [2.05, 4.69) is 22.0 Å². The summed E-state index contributed by atoms with van der Waals surface area (Å²) in [5.41, 5.74) is 2.02. The Hall–Kier alpha value is -2.55. The Bertz CT molecular complexity index is 820. The van der Waals surface area contributed by atoms with E-state index in [0.717, 1.165) is 22.2 Å². The van der Waals surface area contributed by atoms with Crippen LogP contribution < -0.4 is 0 Å². The number of hydrogen-bond donors (Lipinski definition) is 1. The first kappa shape index (κ1) is 15.3. The third-order valence-electron chi connectivity index (χ3n) is 3.16. The van der Waals surface area contributed by atoms with Crippen molar-refractivity contribution in [1.29, 1.82) is 0 Å². The molecule has 0 atom stereocenters. The Morgan fingerprint density at radius 2 is 1.61 bits per heavy atom. The Labute approximate surface area is 139 Å². The van der Waals surface area contributed by atoms with E-state index in [9.17, 15) is 0 Å². The van der Waals surface area contributed by atoms with Crippen LogP contribution in [0.1, 0.15) is 0 Å². The zero-order valence-electron chi connectivity index (χ0n) is 12.4. The molecular weight excluding hydrogens is 306 g/mol. The minimum absolute atomic E-state index is 0.124. The molecule has 0 aliphatic rings. The van der Waals surface area contributed by atoms with Gasteiger partial charge in [0.05, 0.1) is 5.75 Å². The van der Waals surface area contributed by atoms with Gasteiger partial charge in [-0.3, -0.25) is 4.57 Å². The maximum Gasteiger partial charge on any atom is 0.197 e. The second-order valence-corrected chi connectivity index (χ2v) is 5.59. The summed E-state index contributed by atoms with van der Waals surface area (Å²) in [5.74, 6) is 6.89. The molecule has 3 aromatic rings. The van der Waals surface area contributed by atoms with Crippen LogP contribution in [-0.4, -0.2) is 32.2 Å². The highest BCUT2D eigenvalue weighted by molar-refractivity contribution is 7.99. The number of aliphatic hydroxyl groups excluding tert-OH is 1. The number of nitrogens with zero attached hydrogens (tertiary/aromatic N) is 3. The maximum absolute atomic E-state index is 8.73. The zero-order valence-corrected chi connectivity index (χ0v) is 13.2. The molecule has 0 aliphatic carbocycles. The van der Waals surface area contributed by atoms with Crippen LogP contribution in [0.3, 0.4) is 0 Å². The van der Waals surface area contributed by atoms with Crippen molar-refractivity contribution in [2.45, 2.75) is 5.16 Å². The van der Waals surface area contributed by atoms with Gasteiger partial charge in [0.15, 0.2) is 11.0 Å². The molecule has 0 bridgehead atoms. The minimum atomic E-state index is -0.124. The van der Waals surface area contributed by atoms with Gasteiger partial charge in [-0.15, -0.1) is 10.2 Å². The molecule has 0 amide bonds. The van der Waals surface area contributed by atoms with E-state index in [1.807, 2.05) is 65.2 Å². The summed E-state index contributed by atoms with van der Waals surface area (Å²) in [4.78, 5) is 0. The summed E-state index contributed by atoms with van der Waals surface area (Å²) in [7, 11) is 0. The quantitative estimate of drug-likeness (QED) is 0.593. The molecule has 1 N–H and O–H groups in total. The van der Waals surface area contributed by atoms with Gasteiger partial charge in [0.2, 0.25) is 0 Å². The van der Waals surface area contributed by atoms with Gasteiger partial charge in [0.1, 0.15) is 6.61 Å². The average molecular weight is 321 g/mol. The number of thioether (sulfide) groups is 1. The molecule has 1 heterocycles. The highest BCUT2D eigenvalue weighted by atomic mass is 32.2. The van der Waals surface area contributed by atoms with Gasteiger partial charge in [-0.25, -0.2) is 0 Å². The maximum atomic E-state index is 8.73. The summed E-state index contributed by atoms with van der Waals surface area (Å²) in [5, 5.41) is 18.2. The summed E-state index contributed by atoms with van der Waals surface area (Å²) < 4.78 is 2.03. The van der Waals surface area contributed by atoms with E-state index in [4.69, 9.17) is 5.11 Å². The molecule has 0 fully saturated rings. The number of aliphatic hydroxyl groups is 1. The SMILES string of the molecule is OCC#CCSc1nnc(-c2ccccc2)n1-c1ccccc1. The Morgan fingerprint density at radius 3 is 2.30 bits per heavy atom. The molecule has 4 nitrogen and oxygen atoms in total. The highest BCUT2D eigenvalue weighted by Gasteiger charge is 2.15. The first-order chi connectivity index (χ1) is 11.4. The van der Waals surface area contributed by atoms with Crippen LogP contribution in [0.5, 0.6) is 0 Å². The summed E-state index contributed by atoms with van der Waals surface area (Å²) in [6.07, 6.45) is 0. The number of benzene rings is 2. The van der Waals surface area contributed by atoms with E-state index in [-0.39, 0.29) is 6.61 Å². The molecule has 0 spiro atoms. The van der Waals surface area contributed by atoms with E-state index in [1.54, 1.807) is 0 Å². The molecule has 0 saturated heterocycles. The number of aromatic nitrogens is 3. The lowest BCUT2D eigenvalue weighted by Crippen LogP contribution is -1.99. The largest absolute Gasteiger partial charge is 0.384 e. The lowest BCUT2D eigenvalue weighted by molar-refractivity contribution is 0.350. The first-order valence-corrected chi connectivity index (χ1v) is 8.14. The Balaban J connectivity index is 2.02. The second kappa shape index (κ2) is 7.63. The molecule has 2 aromatic carbocycles. The number of rotatable bonds is 4. The fourth-order valence-electron chi connectivity index (χ4n) is 2.16. The van der Waals surface area contributed by atoms with E-state index in [1.165, 1.54) is 11.8 Å². The van der Waals surface area contributed by atoms with E-state index < -0.39 is 0 Å². The van der Waals surface area contributed by atoms with Crippen molar-refractivity contribution < 1.29 is 5.11 Å². The summed E-state index contributed by atoms with van der Waals surface area (Å²) in [6.45, 7) is -0.124. The van der Waals surface area contributed by atoms with Crippen LogP contribution in [0.2, 0.25) is 0 Å². The van der Waals surface area contributed by atoms with E-state index >= 15 is 0 Å². The van der Waals surface area contributed by atoms with Crippen molar-refractivity contribution in [3.05, 3.63) is 60.7 Å². The molecular formula is C18H15N3OS. The van der Waals surface area contributed by atoms with Crippen LogP contribution in [0.4, 0.5) is 0 Å². The molecule has 1 aromatic heterocycles. The van der Waals surface area contributed by atoms with Crippen LogP contribution in [0.15, 0.2) is 65.8 Å². The van der Waals surface area contributed by atoms with E-state index in [0.29, 0.717) is 5.75 Å². The van der Waals surface area contributed by atoms with Crippen LogP contribution in [0.25, 0.3) is 17.1 Å². The molecule has 23 heavy (non-hydrogen) atoms. The fraction of sp³-hybridized carbons (Fsp3) is 0.111. The lowest BCUT2D eigenvalue weighted by atomic mass is 10.2. The molecule has 0 saturated carbocycles. The minimum Gasteiger partial charge on any atom is -0.384 e. The van der Waals surface area contributed by atoms with Crippen molar-refractivity contribution in [2.75, 3.05) is 12.4 Å². The van der Waals surface area contributed by atoms with Crippen LogP contribution >= 0.6 is 11.8 Å². The third-order valence-corrected chi connectivity index (χ3v) is 3.97. The second-order valence-electron chi connectivity index (χ2n) is 4.64. The van der Waals surface area contributed by atoms with Crippen LogP contribution in [0, 0.1) is 11.8 Å². The number of hydrogen-bond acceptors (Lipinski definition) is 4. The van der Waals surface area contributed by atoms with Crippen molar-refractivity contribution in [3.63, 3.8) is 0 Å². The Morgan fingerprint density at radius 1 is 0.913 bits per heavy atom. The van der Waals surface area contributed by atoms with Crippen LogP contribution in [-0.2, 0) is 0 Å². The molecule has 0 unspecified atom stereocenters. The smallest absolute Gasteiger partial charge is 0.197 e. The van der Waals surface area contributed by atoms with Gasteiger partial charge < -0.3 is 5.11 Å². The molecule has 114 valence electrons. The fourth-order valence-corrected chi connectivity index (χ4v) is 2.88. The molecule has 5 heteroatoms. The number of para-hydroxylation sites is 1. The molecule has 0 aliphatic heterocycles. The standard InChI is InChI=1S/C18H15N3OS/c22-13-7-8-14-23-18-20-19-17(15-9-3-1-4-10-15)21(18)16-11-5-2-6-12-16/h1-6,9-12,22H,13-14H2. The highest BCUT2D eigenvalue weighted by Crippen LogP contribution is 2.27. The van der Waals surface area contributed by atoms with Gasteiger partial charge in [0, 0.05) is 11.3 Å². The summed E-state index contributed by atoms with van der Waals surface area (Å²) in [6, 6.07) is 20.0. The lowest BCUT2D eigenvalue weighted by Gasteiger charge is -2.09. The predicted octanol–water partition coefficient (Wildman–Crippen LogP) is 3.02. The summed E-state index contributed by atoms with van der Waals surface area (Å²) >= 11 is 1.50. The monoisotopic (exact) mass is 321 g/mol. The van der Waals surface area contributed by atoms with Crippen molar-refractivity contribution >= 4 is 11.8 Å². The van der Waals surface area contributed by atoms with Crippen molar-refractivity contribution in [3.8, 4) is 28.9 Å². The van der Waals surface area contributed by atoms with Gasteiger partial charge in [-0.2, -0.15) is 0 Å². The van der Waals surface area contributed by atoms with Crippen molar-refractivity contribution in [2.24, 2.45) is 0 Å². The first-order valence-electron chi connectivity index (χ1n) is 7.16. The average Bonchev–Trinajstić information content (AvgIpc) is 3.04. The predicted molar refractivity (Wildman–Crippen MR) is 92.4 cm³/mol. The van der Waals surface area contributed by atoms with Gasteiger partial charge in [-0.1, -0.05) is 72.1 Å². The normalized spacial score (nSPS) is 10.1. The zero-order chi connectivity index (χ0) is 15.9. The van der Waals surface area contributed by atoms with Gasteiger partial charge in [-0.05, 0) is 12.1 Å². The van der Waals surface area contributed by atoms with Crippen molar-refractivity contribution in [1.82, 2.24) is 14.8 Å².